The number of nitrogens with one attached hydrogen (secondary N) is 1. The molecule has 0 amide bonds. The summed E-state index contributed by atoms with van der Waals surface area (Å²) in [5.41, 5.74) is 1.26. The van der Waals surface area contributed by atoms with E-state index < -0.39 is 0 Å². The lowest BCUT2D eigenvalue weighted by Crippen LogP contribution is -2.25. The largest absolute Gasteiger partial charge is 0.311 e. The fourth-order valence-corrected chi connectivity index (χ4v) is 3.30. The van der Waals surface area contributed by atoms with Crippen LogP contribution in [0, 0.1) is 0 Å². The SMILES string of the molecule is CCCn1ncc(Br)c1C(CSC(C)(C)C)NC. The Morgan fingerprint density at radius 1 is 1.50 bits per heavy atom. The van der Waals surface area contributed by atoms with Gasteiger partial charge >= 0.3 is 0 Å². The average Bonchev–Trinajstić information content (AvgIpc) is 2.62. The van der Waals surface area contributed by atoms with Crippen LogP contribution >= 0.6 is 27.7 Å². The molecule has 5 heteroatoms. The van der Waals surface area contributed by atoms with Gasteiger partial charge in [-0.1, -0.05) is 27.7 Å². The first-order chi connectivity index (χ1) is 8.39. The van der Waals surface area contributed by atoms with Crippen LogP contribution in [0.3, 0.4) is 0 Å². The number of aromatic nitrogens is 2. The van der Waals surface area contributed by atoms with E-state index in [1.165, 1.54) is 5.69 Å². The molecular weight excluding hydrogens is 310 g/mol. The Morgan fingerprint density at radius 2 is 2.17 bits per heavy atom. The molecule has 0 fully saturated rings. The molecule has 0 aliphatic rings. The molecule has 0 spiro atoms. The molecule has 3 nitrogen and oxygen atoms in total. The van der Waals surface area contributed by atoms with Gasteiger partial charge in [0.05, 0.1) is 22.4 Å². The van der Waals surface area contributed by atoms with Gasteiger partial charge in [0.15, 0.2) is 0 Å². The standard InChI is InChI=1S/C13H24BrN3S/c1-6-7-17-12(10(14)8-16-17)11(15-5)9-18-13(2,3)4/h8,11,15H,6-7,9H2,1-5H3. The van der Waals surface area contributed by atoms with Crippen molar-refractivity contribution in [2.45, 2.75) is 51.4 Å². The maximum absolute atomic E-state index is 4.44. The lowest BCUT2D eigenvalue weighted by Gasteiger charge is -2.23. The van der Waals surface area contributed by atoms with E-state index in [4.69, 9.17) is 0 Å². The van der Waals surface area contributed by atoms with E-state index in [9.17, 15) is 0 Å². The summed E-state index contributed by atoms with van der Waals surface area (Å²) in [7, 11) is 2.02. The Bertz CT molecular complexity index is 371. The van der Waals surface area contributed by atoms with Gasteiger partial charge in [-0.25, -0.2) is 0 Å². The van der Waals surface area contributed by atoms with Crippen molar-refractivity contribution in [1.29, 1.82) is 0 Å². The second kappa shape index (κ2) is 6.96. The molecule has 0 bridgehead atoms. The predicted molar refractivity (Wildman–Crippen MR) is 84.2 cm³/mol. The van der Waals surface area contributed by atoms with Crippen molar-refractivity contribution >= 4 is 27.7 Å². The van der Waals surface area contributed by atoms with Crippen LogP contribution in [-0.4, -0.2) is 27.3 Å². The number of aryl methyl sites for hydroxylation is 1. The summed E-state index contributed by atoms with van der Waals surface area (Å²) in [5, 5.41) is 7.84. The Morgan fingerprint density at radius 3 is 2.67 bits per heavy atom. The van der Waals surface area contributed by atoms with E-state index in [-0.39, 0.29) is 4.75 Å². The van der Waals surface area contributed by atoms with Crippen LogP contribution < -0.4 is 5.32 Å². The quantitative estimate of drug-likeness (QED) is 0.857. The zero-order valence-corrected chi connectivity index (χ0v) is 14.4. The average molecular weight is 334 g/mol. The first-order valence-corrected chi connectivity index (χ1v) is 8.19. The molecule has 1 heterocycles. The fraction of sp³-hybridized carbons (Fsp3) is 0.769. The number of nitrogens with zero attached hydrogens (tertiary/aromatic N) is 2. The van der Waals surface area contributed by atoms with E-state index in [0.717, 1.165) is 23.2 Å². The normalized spacial score (nSPS) is 13.9. The highest BCUT2D eigenvalue weighted by Crippen LogP contribution is 2.31. The molecular formula is C13H24BrN3S. The number of halogens is 1. The van der Waals surface area contributed by atoms with Crippen molar-refractivity contribution < 1.29 is 0 Å². The summed E-state index contributed by atoms with van der Waals surface area (Å²) in [6.45, 7) is 9.91. The van der Waals surface area contributed by atoms with Gasteiger partial charge in [-0.2, -0.15) is 16.9 Å². The van der Waals surface area contributed by atoms with E-state index in [1.54, 1.807) is 0 Å². The van der Waals surface area contributed by atoms with Crippen LogP contribution in [-0.2, 0) is 6.54 Å². The van der Waals surface area contributed by atoms with Crippen LogP contribution in [0.1, 0.15) is 45.9 Å². The molecule has 0 radical (unpaired) electrons. The van der Waals surface area contributed by atoms with Crippen LogP contribution in [0.5, 0.6) is 0 Å². The van der Waals surface area contributed by atoms with Gasteiger partial charge in [0.2, 0.25) is 0 Å². The summed E-state index contributed by atoms with van der Waals surface area (Å²) < 4.78 is 3.50. The number of thioether (sulfide) groups is 1. The zero-order valence-electron chi connectivity index (χ0n) is 12.0. The predicted octanol–water partition coefficient (Wildman–Crippen LogP) is 3.85. The maximum Gasteiger partial charge on any atom is 0.0704 e. The highest BCUT2D eigenvalue weighted by Gasteiger charge is 2.21. The molecule has 1 N–H and O–H groups in total. The fourth-order valence-electron chi connectivity index (χ4n) is 1.74. The lowest BCUT2D eigenvalue weighted by molar-refractivity contribution is 0.522. The zero-order chi connectivity index (χ0) is 13.8. The van der Waals surface area contributed by atoms with Crippen LogP contribution in [0.25, 0.3) is 0 Å². The highest BCUT2D eigenvalue weighted by molar-refractivity contribution is 9.10. The van der Waals surface area contributed by atoms with Crippen molar-refractivity contribution in [2.75, 3.05) is 12.8 Å². The molecule has 0 saturated heterocycles. The first kappa shape index (κ1) is 16.1. The monoisotopic (exact) mass is 333 g/mol. The van der Waals surface area contributed by atoms with Gasteiger partial charge in [-0.05, 0) is 29.4 Å². The summed E-state index contributed by atoms with van der Waals surface area (Å²) in [5.74, 6) is 1.05. The Labute approximate surface area is 123 Å². The summed E-state index contributed by atoms with van der Waals surface area (Å²) in [6, 6.07) is 0.331. The minimum Gasteiger partial charge on any atom is -0.311 e. The van der Waals surface area contributed by atoms with Gasteiger partial charge < -0.3 is 5.32 Å². The minimum atomic E-state index is 0.289. The smallest absolute Gasteiger partial charge is 0.0704 e. The number of hydrogen-bond donors (Lipinski definition) is 1. The number of rotatable bonds is 6. The highest BCUT2D eigenvalue weighted by atomic mass is 79.9. The van der Waals surface area contributed by atoms with Gasteiger partial charge in [0, 0.05) is 17.0 Å². The molecule has 0 aliphatic heterocycles. The molecule has 1 aromatic rings. The second-order valence-electron chi connectivity index (χ2n) is 5.37. The van der Waals surface area contributed by atoms with Crippen molar-refractivity contribution in [1.82, 2.24) is 15.1 Å². The summed E-state index contributed by atoms with van der Waals surface area (Å²) in [4.78, 5) is 0. The second-order valence-corrected chi connectivity index (χ2v) is 8.07. The van der Waals surface area contributed by atoms with E-state index >= 15 is 0 Å². The maximum atomic E-state index is 4.44. The molecule has 1 rings (SSSR count). The molecule has 0 saturated carbocycles. The van der Waals surface area contributed by atoms with Gasteiger partial charge in [-0.3, -0.25) is 4.68 Å². The molecule has 1 unspecified atom stereocenters. The van der Waals surface area contributed by atoms with Crippen molar-refractivity contribution in [3.63, 3.8) is 0 Å². The van der Waals surface area contributed by atoms with Gasteiger partial charge in [0.1, 0.15) is 0 Å². The molecule has 18 heavy (non-hydrogen) atoms. The molecule has 0 aromatic carbocycles. The summed E-state index contributed by atoms with van der Waals surface area (Å²) in [6.07, 6.45) is 3.00. The summed E-state index contributed by atoms with van der Waals surface area (Å²) >= 11 is 5.59. The third kappa shape index (κ3) is 4.59. The van der Waals surface area contributed by atoms with Gasteiger partial charge in [0.25, 0.3) is 0 Å². The van der Waals surface area contributed by atoms with Crippen molar-refractivity contribution in [3.8, 4) is 0 Å². The Balaban J connectivity index is 2.84. The Hall–Kier alpha value is -0.0000000000000000763. The van der Waals surface area contributed by atoms with E-state index in [2.05, 4.69) is 58.7 Å². The Kier molecular flexibility index (Phi) is 6.21. The third-order valence-electron chi connectivity index (χ3n) is 2.63. The van der Waals surface area contributed by atoms with Gasteiger partial charge in [-0.15, -0.1) is 0 Å². The lowest BCUT2D eigenvalue weighted by atomic mass is 10.2. The van der Waals surface area contributed by atoms with Crippen molar-refractivity contribution in [3.05, 3.63) is 16.4 Å². The van der Waals surface area contributed by atoms with Crippen LogP contribution in [0.15, 0.2) is 10.7 Å². The van der Waals surface area contributed by atoms with E-state index in [0.29, 0.717) is 6.04 Å². The molecule has 1 aromatic heterocycles. The minimum absolute atomic E-state index is 0.289. The third-order valence-corrected chi connectivity index (χ3v) is 4.61. The van der Waals surface area contributed by atoms with Crippen LogP contribution in [0.2, 0.25) is 0 Å². The van der Waals surface area contributed by atoms with Crippen molar-refractivity contribution in [2.24, 2.45) is 0 Å². The van der Waals surface area contributed by atoms with E-state index in [1.807, 2.05) is 25.0 Å². The topological polar surface area (TPSA) is 29.9 Å². The molecule has 104 valence electrons. The molecule has 1 atom stereocenters. The first-order valence-electron chi connectivity index (χ1n) is 6.41. The van der Waals surface area contributed by atoms with Crippen LogP contribution in [0.4, 0.5) is 0 Å². The number of hydrogen-bond acceptors (Lipinski definition) is 3. The molecule has 0 aliphatic carbocycles.